The average Bonchev–Trinajstić information content (AvgIpc) is 2.60. The number of sulfonamides is 1. The molecule has 1 fully saturated rings. The van der Waals surface area contributed by atoms with Crippen molar-refractivity contribution in [2.24, 2.45) is 5.92 Å². The Kier molecular flexibility index (Phi) is 7.29. The summed E-state index contributed by atoms with van der Waals surface area (Å²) in [6, 6.07) is 4.11. The van der Waals surface area contributed by atoms with E-state index < -0.39 is 22.1 Å². The fourth-order valence-electron chi connectivity index (χ4n) is 2.99. The first-order valence-electron chi connectivity index (χ1n) is 8.68. The molecular weight excluding hydrogens is 401 g/mol. The summed E-state index contributed by atoms with van der Waals surface area (Å²) < 4.78 is 72.4. The second kappa shape index (κ2) is 9.10. The van der Waals surface area contributed by atoms with Crippen LogP contribution in [0.25, 0.3) is 0 Å². The largest absolute Gasteiger partial charge is 0.573 e. The van der Waals surface area contributed by atoms with Crippen molar-refractivity contribution in [3.8, 4) is 5.75 Å². The van der Waals surface area contributed by atoms with Crippen LogP contribution in [-0.4, -0.2) is 57.8 Å². The van der Waals surface area contributed by atoms with Crippen LogP contribution in [0.5, 0.6) is 5.75 Å². The number of rotatable bonds is 7. The maximum atomic E-state index is 12.7. The number of benzene rings is 1. The number of halogens is 3. The van der Waals surface area contributed by atoms with Crippen molar-refractivity contribution in [3.63, 3.8) is 0 Å². The molecule has 1 heterocycles. The highest BCUT2D eigenvalue weighted by atomic mass is 32.2. The molecule has 7 nitrogen and oxygen atoms in total. The zero-order chi connectivity index (χ0) is 20.9. The molecule has 28 heavy (non-hydrogen) atoms. The van der Waals surface area contributed by atoms with Gasteiger partial charge >= 0.3 is 6.36 Å². The van der Waals surface area contributed by atoms with Gasteiger partial charge in [-0.3, -0.25) is 4.79 Å². The molecule has 2 rings (SSSR count). The Morgan fingerprint density at radius 3 is 2.54 bits per heavy atom. The van der Waals surface area contributed by atoms with E-state index in [1.807, 2.05) is 0 Å². The third-order valence-electron chi connectivity index (χ3n) is 4.31. The zero-order valence-electron chi connectivity index (χ0n) is 15.5. The number of piperidine rings is 1. The van der Waals surface area contributed by atoms with Crippen LogP contribution in [0.15, 0.2) is 29.2 Å². The van der Waals surface area contributed by atoms with Crippen LogP contribution in [0.4, 0.5) is 13.2 Å². The first-order valence-corrected chi connectivity index (χ1v) is 10.1. The minimum absolute atomic E-state index is 0.101. The van der Waals surface area contributed by atoms with E-state index in [9.17, 15) is 26.4 Å². The molecule has 1 unspecified atom stereocenters. The number of ether oxygens (including phenoxy) is 2. The van der Waals surface area contributed by atoms with E-state index in [1.165, 1.54) is 23.5 Å². The number of hydrogen-bond donors (Lipinski definition) is 1. The van der Waals surface area contributed by atoms with Gasteiger partial charge in [-0.15, -0.1) is 13.2 Å². The standard InChI is InChI=1S/C17H23F3N2O5S/c1-12(11-26-2)21-16(23)13-6-8-22(9-7-13)28(24,25)15-5-3-4-14(10-15)27-17(18,19)20/h3-5,10,12-13H,6-9,11H2,1-2H3,(H,21,23). The lowest BCUT2D eigenvalue weighted by molar-refractivity contribution is -0.274. The molecule has 0 radical (unpaired) electrons. The highest BCUT2D eigenvalue weighted by Gasteiger charge is 2.34. The van der Waals surface area contributed by atoms with E-state index in [2.05, 4.69) is 10.1 Å². The van der Waals surface area contributed by atoms with Crippen molar-refractivity contribution in [2.45, 2.75) is 37.1 Å². The summed E-state index contributed by atoms with van der Waals surface area (Å²) >= 11 is 0. The van der Waals surface area contributed by atoms with Crippen LogP contribution in [0.2, 0.25) is 0 Å². The van der Waals surface area contributed by atoms with Crippen molar-refractivity contribution in [1.29, 1.82) is 0 Å². The molecule has 1 saturated heterocycles. The maximum absolute atomic E-state index is 12.7. The van der Waals surface area contributed by atoms with Gasteiger partial charge in [-0.1, -0.05) is 6.07 Å². The van der Waals surface area contributed by atoms with Crippen LogP contribution < -0.4 is 10.1 Å². The van der Waals surface area contributed by atoms with Gasteiger partial charge in [0.15, 0.2) is 0 Å². The first-order chi connectivity index (χ1) is 13.0. The number of nitrogens with zero attached hydrogens (tertiary/aromatic N) is 1. The summed E-state index contributed by atoms with van der Waals surface area (Å²) in [4.78, 5) is 11.9. The van der Waals surface area contributed by atoms with Gasteiger partial charge in [-0.25, -0.2) is 8.42 Å². The van der Waals surface area contributed by atoms with Crippen molar-refractivity contribution in [1.82, 2.24) is 9.62 Å². The molecular formula is C17H23F3N2O5S. The predicted octanol–water partition coefficient (Wildman–Crippen LogP) is 2.14. The molecule has 158 valence electrons. The number of hydrogen-bond acceptors (Lipinski definition) is 5. The Balaban J connectivity index is 2.01. The number of carbonyl (C=O) groups is 1. The van der Waals surface area contributed by atoms with E-state index in [-0.39, 0.29) is 35.9 Å². The summed E-state index contributed by atoms with van der Waals surface area (Å²) in [6.07, 6.45) is -4.26. The lowest BCUT2D eigenvalue weighted by atomic mass is 9.97. The number of alkyl halides is 3. The molecule has 1 N–H and O–H groups in total. The second-order valence-corrected chi connectivity index (χ2v) is 8.50. The van der Waals surface area contributed by atoms with E-state index in [0.717, 1.165) is 12.1 Å². The second-order valence-electron chi connectivity index (χ2n) is 6.57. The Bertz CT molecular complexity index is 777. The third-order valence-corrected chi connectivity index (χ3v) is 6.20. The number of carbonyl (C=O) groups excluding carboxylic acids is 1. The molecule has 1 aromatic carbocycles. The Morgan fingerprint density at radius 2 is 1.96 bits per heavy atom. The van der Waals surface area contributed by atoms with Gasteiger partial charge in [0.1, 0.15) is 5.75 Å². The van der Waals surface area contributed by atoms with Crippen molar-refractivity contribution >= 4 is 15.9 Å². The van der Waals surface area contributed by atoms with Crippen LogP contribution >= 0.6 is 0 Å². The van der Waals surface area contributed by atoms with Gasteiger partial charge in [-0.2, -0.15) is 4.31 Å². The summed E-state index contributed by atoms with van der Waals surface area (Å²) in [7, 11) is -2.46. The van der Waals surface area contributed by atoms with Gasteiger partial charge in [0.2, 0.25) is 15.9 Å². The monoisotopic (exact) mass is 424 g/mol. The van der Waals surface area contributed by atoms with Crippen molar-refractivity contribution in [3.05, 3.63) is 24.3 Å². The molecule has 0 aromatic heterocycles. The molecule has 11 heteroatoms. The minimum atomic E-state index is -4.91. The van der Waals surface area contributed by atoms with E-state index >= 15 is 0 Å². The smallest absolute Gasteiger partial charge is 0.406 e. The Morgan fingerprint density at radius 1 is 1.32 bits per heavy atom. The topological polar surface area (TPSA) is 84.9 Å². The average molecular weight is 424 g/mol. The van der Waals surface area contributed by atoms with Crippen LogP contribution in [0.3, 0.4) is 0 Å². The summed E-state index contributed by atoms with van der Waals surface area (Å²) in [5, 5.41) is 2.81. The Hall–Kier alpha value is -1.85. The SMILES string of the molecule is COCC(C)NC(=O)C1CCN(S(=O)(=O)c2cccc(OC(F)(F)F)c2)CC1. The van der Waals surface area contributed by atoms with Crippen LogP contribution in [0, 0.1) is 5.92 Å². The molecule has 0 bridgehead atoms. The number of nitrogens with one attached hydrogen (secondary N) is 1. The van der Waals surface area contributed by atoms with Crippen LogP contribution in [0.1, 0.15) is 19.8 Å². The van der Waals surface area contributed by atoms with Gasteiger partial charge in [-0.05, 0) is 31.9 Å². The molecule has 1 aliphatic rings. The van der Waals surface area contributed by atoms with Crippen LogP contribution in [-0.2, 0) is 19.6 Å². The van der Waals surface area contributed by atoms with E-state index in [4.69, 9.17) is 4.74 Å². The summed E-state index contributed by atoms with van der Waals surface area (Å²) in [6.45, 7) is 2.37. The van der Waals surface area contributed by atoms with E-state index in [0.29, 0.717) is 19.4 Å². The molecule has 1 atom stereocenters. The quantitative estimate of drug-likeness (QED) is 0.725. The van der Waals surface area contributed by atoms with Gasteiger partial charge in [0.05, 0.1) is 11.5 Å². The van der Waals surface area contributed by atoms with E-state index in [1.54, 1.807) is 6.92 Å². The Labute approximate surface area is 161 Å². The van der Waals surface area contributed by atoms with Gasteiger partial charge in [0.25, 0.3) is 0 Å². The predicted molar refractivity (Wildman–Crippen MR) is 94.1 cm³/mol. The van der Waals surface area contributed by atoms with Crippen molar-refractivity contribution in [2.75, 3.05) is 26.8 Å². The minimum Gasteiger partial charge on any atom is -0.406 e. The molecule has 1 aliphatic heterocycles. The number of amides is 1. The zero-order valence-corrected chi connectivity index (χ0v) is 16.3. The summed E-state index contributed by atoms with van der Waals surface area (Å²) in [5.74, 6) is -1.09. The highest BCUT2D eigenvalue weighted by molar-refractivity contribution is 7.89. The normalized spacial score (nSPS) is 17.9. The summed E-state index contributed by atoms with van der Waals surface area (Å²) in [5.41, 5.74) is 0. The molecule has 0 spiro atoms. The fraction of sp³-hybridized carbons (Fsp3) is 0.588. The molecule has 1 aromatic rings. The fourth-order valence-corrected chi connectivity index (χ4v) is 4.50. The first kappa shape index (κ1) is 22.4. The maximum Gasteiger partial charge on any atom is 0.573 e. The lowest BCUT2D eigenvalue weighted by Gasteiger charge is -2.31. The molecule has 0 saturated carbocycles. The highest BCUT2D eigenvalue weighted by Crippen LogP contribution is 2.28. The molecule has 1 amide bonds. The van der Waals surface area contributed by atoms with Crippen molar-refractivity contribution < 1.29 is 35.9 Å². The van der Waals surface area contributed by atoms with Gasteiger partial charge < -0.3 is 14.8 Å². The van der Waals surface area contributed by atoms with Gasteiger partial charge in [0, 0.05) is 38.2 Å². The molecule has 0 aliphatic carbocycles. The number of methoxy groups -OCH3 is 1. The third kappa shape index (κ3) is 6.08. The lowest BCUT2D eigenvalue weighted by Crippen LogP contribution is -2.45.